The Kier molecular flexibility index (Phi) is 2.30. The second-order valence-electron chi connectivity index (χ2n) is 5.27. The number of hydrogen-bond acceptors (Lipinski definition) is 3. The van der Waals surface area contributed by atoms with Crippen molar-refractivity contribution in [2.24, 2.45) is 18.7 Å². The van der Waals surface area contributed by atoms with Gasteiger partial charge in [0.15, 0.2) is 0 Å². The fourth-order valence-corrected chi connectivity index (χ4v) is 2.77. The molecular formula is C12H19N3O. The van der Waals surface area contributed by atoms with Gasteiger partial charge >= 0.3 is 0 Å². The van der Waals surface area contributed by atoms with E-state index >= 15 is 0 Å². The minimum absolute atomic E-state index is 0.185. The summed E-state index contributed by atoms with van der Waals surface area (Å²) in [7, 11) is 1.94. The lowest BCUT2D eigenvalue weighted by molar-refractivity contribution is 0.0624. The van der Waals surface area contributed by atoms with Gasteiger partial charge in [0.05, 0.1) is 17.3 Å². The zero-order chi connectivity index (χ0) is 11.2. The van der Waals surface area contributed by atoms with E-state index in [-0.39, 0.29) is 11.6 Å². The summed E-state index contributed by atoms with van der Waals surface area (Å²) in [6.45, 7) is 0.810. The van der Waals surface area contributed by atoms with Crippen molar-refractivity contribution in [3.05, 3.63) is 18.0 Å². The summed E-state index contributed by atoms with van der Waals surface area (Å²) in [6.07, 6.45) is 6.60. The Balaban J connectivity index is 1.76. The SMILES string of the molecule is Cn1ccc(CC2(N)CCOC2C2CC2)n1. The quantitative estimate of drug-likeness (QED) is 0.823. The molecule has 2 N–H and O–H groups in total. The first kappa shape index (κ1) is 10.3. The summed E-state index contributed by atoms with van der Waals surface area (Å²) in [6, 6.07) is 2.05. The van der Waals surface area contributed by atoms with Gasteiger partial charge in [-0.3, -0.25) is 4.68 Å². The molecular weight excluding hydrogens is 202 g/mol. The van der Waals surface area contributed by atoms with Gasteiger partial charge in [-0.25, -0.2) is 0 Å². The first-order valence-electron chi connectivity index (χ1n) is 6.06. The van der Waals surface area contributed by atoms with Crippen molar-refractivity contribution in [1.82, 2.24) is 9.78 Å². The molecule has 0 spiro atoms. The molecule has 4 nitrogen and oxygen atoms in total. The van der Waals surface area contributed by atoms with E-state index in [9.17, 15) is 0 Å². The van der Waals surface area contributed by atoms with Crippen LogP contribution in [-0.2, 0) is 18.2 Å². The molecule has 2 unspecified atom stereocenters. The molecule has 0 bridgehead atoms. The zero-order valence-electron chi connectivity index (χ0n) is 9.72. The lowest BCUT2D eigenvalue weighted by Gasteiger charge is -2.29. The van der Waals surface area contributed by atoms with Gasteiger partial charge in [0.1, 0.15) is 0 Å². The molecule has 2 fully saturated rings. The van der Waals surface area contributed by atoms with E-state index in [2.05, 4.69) is 11.2 Å². The van der Waals surface area contributed by atoms with Crippen LogP contribution in [0, 0.1) is 5.92 Å². The number of nitrogens with zero attached hydrogens (tertiary/aromatic N) is 2. The Morgan fingerprint density at radius 3 is 3.06 bits per heavy atom. The zero-order valence-corrected chi connectivity index (χ0v) is 9.72. The van der Waals surface area contributed by atoms with E-state index in [1.807, 2.05) is 17.9 Å². The Morgan fingerprint density at radius 2 is 2.44 bits per heavy atom. The second kappa shape index (κ2) is 3.57. The van der Waals surface area contributed by atoms with Crippen LogP contribution in [0.15, 0.2) is 12.3 Å². The molecule has 0 amide bonds. The Hall–Kier alpha value is -0.870. The second-order valence-corrected chi connectivity index (χ2v) is 5.27. The third-order valence-electron chi connectivity index (χ3n) is 3.76. The van der Waals surface area contributed by atoms with Crippen molar-refractivity contribution < 1.29 is 4.74 Å². The van der Waals surface area contributed by atoms with Crippen molar-refractivity contribution in [1.29, 1.82) is 0 Å². The topological polar surface area (TPSA) is 53.1 Å². The summed E-state index contributed by atoms with van der Waals surface area (Å²) in [4.78, 5) is 0. The van der Waals surface area contributed by atoms with Gasteiger partial charge in [0.2, 0.25) is 0 Å². The fourth-order valence-electron chi connectivity index (χ4n) is 2.77. The number of hydrogen-bond donors (Lipinski definition) is 1. The molecule has 1 aromatic rings. The molecule has 1 saturated carbocycles. The van der Waals surface area contributed by atoms with Crippen LogP contribution >= 0.6 is 0 Å². The van der Waals surface area contributed by atoms with Crippen LogP contribution in [0.2, 0.25) is 0 Å². The Bertz CT molecular complexity index is 385. The summed E-state index contributed by atoms with van der Waals surface area (Å²) in [5.41, 5.74) is 7.41. The van der Waals surface area contributed by atoms with Crippen molar-refractivity contribution in [3.63, 3.8) is 0 Å². The smallest absolute Gasteiger partial charge is 0.0787 e. The molecule has 2 heterocycles. The average Bonchev–Trinajstić information content (AvgIpc) is 2.89. The number of aromatic nitrogens is 2. The molecule has 0 aromatic carbocycles. The van der Waals surface area contributed by atoms with Gasteiger partial charge in [-0.2, -0.15) is 5.10 Å². The summed E-state index contributed by atoms with van der Waals surface area (Å²) >= 11 is 0. The van der Waals surface area contributed by atoms with Gasteiger partial charge in [-0.15, -0.1) is 0 Å². The van der Waals surface area contributed by atoms with Crippen LogP contribution < -0.4 is 5.73 Å². The molecule has 1 aliphatic carbocycles. The highest BCUT2D eigenvalue weighted by molar-refractivity contribution is 5.12. The maximum Gasteiger partial charge on any atom is 0.0787 e. The Morgan fingerprint density at radius 1 is 1.62 bits per heavy atom. The van der Waals surface area contributed by atoms with Gasteiger partial charge in [-0.1, -0.05) is 0 Å². The molecule has 3 rings (SSSR count). The van der Waals surface area contributed by atoms with Crippen LogP contribution in [0.5, 0.6) is 0 Å². The molecule has 1 saturated heterocycles. The first-order chi connectivity index (χ1) is 7.67. The monoisotopic (exact) mass is 221 g/mol. The van der Waals surface area contributed by atoms with Gasteiger partial charge in [0, 0.05) is 26.3 Å². The number of aryl methyl sites for hydroxylation is 1. The van der Waals surface area contributed by atoms with E-state index in [0.29, 0.717) is 5.92 Å². The average molecular weight is 221 g/mol. The van der Waals surface area contributed by atoms with Crippen molar-refractivity contribution in [3.8, 4) is 0 Å². The maximum atomic E-state index is 6.51. The number of ether oxygens (including phenoxy) is 1. The molecule has 2 atom stereocenters. The van der Waals surface area contributed by atoms with Gasteiger partial charge in [-0.05, 0) is 31.2 Å². The van der Waals surface area contributed by atoms with Crippen LogP contribution in [0.25, 0.3) is 0 Å². The van der Waals surface area contributed by atoms with E-state index in [0.717, 1.165) is 25.1 Å². The fraction of sp³-hybridized carbons (Fsp3) is 0.750. The first-order valence-corrected chi connectivity index (χ1v) is 6.06. The molecule has 2 aliphatic rings. The highest BCUT2D eigenvalue weighted by Gasteiger charge is 2.48. The standard InChI is InChI=1S/C12H19N3O/c1-15-6-4-10(14-15)8-12(13)5-7-16-11(12)9-2-3-9/h4,6,9,11H,2-3,5,7-8,13H2,1H3. The van der Waals surface area contributed by atoms with E-state index in [1.165, 1.54) is 12.8 Å². The van der Waals surface area contributed by atoms with Crippen LogP contribution in [0.3, 0.4) is 0 Å². The third-order valence-corrected chi connectivity index (χ3v) is 3.76. The highest BCUT2D eigenvalue weighted by Crippen LogP contribution is 2.43. The number of rotatable bonds is 3. The van der Waals surface area contributed by atoms with Gasteiger partial charge in [0.25, 0.3) is 0 Å². The van der Waals surface area contributed by atoms with Gasteiger partial charge < -0.3 is 10.5 Å². The summed E-state index contributed by atoms with van der Waals surface area (Å²) in [5.74, 6) is 0.705. The van der Waals surface area contributed by atoms with Crippen LogP contribution in [-0.4, -0.2) is 28.0 Å². The normalized spacial score (nSPS) is 34.5. The van der Waals surface area contributed by atoms with E-state index < -0.39 is 0 Å². The molecule has 4 heteroatoms. The predicted octanol–water partition coefficient (Wildman–Crippen LogP) is 0.859. The van der Waals surface area contributed by atoms with Crippen molar-refractivity contribution >= 4 is 0 Å². The third kappa shape index (κ3) is 1.76. The van der Waals surface area contributed by atoms with E-state index in [4.69, 9.17) is 10.5 Å². The molecule has 1 aromatic heterocycles. The molecule has 1 aliphatic heterocycles. The molecule has 0 radical (unpaired) electrons. The molecule has 88 valence electrons. The predicted molar refractivity (Wildman–Crippen MR) is 60.9 cm³/mol. The molecule has 16 heavy (non-hydrogen) atoms. The minimum Gasteiger partial charge on any atom is -0.376 e. The Labute approximate surface area is 95.8 Å². The van der Waals surface area contributed by atoms with Crippen LogP contribution in [0.4, 0.5) is 0 Å². The highest BCUT2D eigenvalue weighted by atomic mass is 16.5. The van der Waals surface area contributed by atoms with Crippen molar-refractivity contribution in [2.45, 2.75) is 37.3 Å². The van der Waals surface area contributed by atoms with Crippen LogP contribution in [0.1, 0.15) is 25.0 Å². The summed E-state index contributed by atoms with van der Waals surface area (Å²) in [5, 5.41) is 4.41. The van der Waals surface area contributed by atoms with E-state index in [1.54, 1.807) is 0 Å². The minimum atomic E-state index is -0.185. The largest absolute Gasteiger partial charge is 0.376 e. The lowest BCUT2D eigenvalue weighted by atomic mass is 9.85. The van der Waals surface area contributed by atoms with Crippen molar-refractivity contribution in [2.75, 3.05) is 6.61 Å². The lowest BCUT2D eigenvalue weighted by Crippen LogP contribution is -2.50. The summed E-state index contributed by atoms with van der Waals surface area (Å²) < 4.78 is 7.65. The maximum absolute atomic E-state index is 6.51. The number of nitrogens with two attached hydrogens (primary N) is 1.